The van der Waals surface area contributed by atoms with E-state index in [9.17, 15) is 9.90 Å². The van der Waals surface area contributed by atoms with Crippen LogP contribution >= 0.6 is 0 Å². The summed E-state index contributed by atoms with van der Waals surface area (Å²) in [5.41, 5.74) is 1.22. The van der Waals surface area contributed by atoms with Crippen LogP contribution in [0.25, 0.3) is 22.2 Å². The van der Waals surface area contributed by atoms with Gasteiger partial charge in [-0.05, 0) is 19.1 Å². The van der Waals surface area contributed by atoms with Crippen molar-refractivity contribution >= 4 is 10.9 Å². The summed E-state index contributed by atoms with van der Waals surface area (Å²) in [6.45, 7) is 1.62. The minimum absolute atomic E-state index is 0.192. The van der Waals surface area contributed by atoms with Crippen molar-refractivity contribution in [3.63, 3.8) is 0 Å². The van der Waals surface area contributed by atoms with Crippen LogP contribution in [0.5, 0.6) is 11.8 Å². The van der Waals surface area contributed by atoms with E-state index >= 15 is 0 Å². The summed E-state index contributed by atoms with van der Waals surface area (Å²) in [7, 11) is 3.18. The van der Waals surface area contributed by atoms with Crippen molar-refractivity contribution in [2.45, 2.75) is 6.92 Å². The molecular weight excluding hydrogens is 284 g/mol. The first-order chi connectivity index (χ1) is 10.5. The lowest BCUT2D eigenvalue weighted by molar-refractivity contribution is 0.398. The van der Waals surface area contributed by atoms with Crippen LogP contribution in [-0.2, 0) is 7.05 Å². The molecular formula is C15H14N4O3. The van der Waals surface area contributed by atoms with Gasteiger partial charge in [-0.2, -0.15) is 4.98 Å². The van der Waals surface area contributed by atoms with Gasteiger partial charge in [-0.25, -0.2) is 9.97 Å². The molecule has 0 aliphatic rings. The van der Waals surface area contributed by atoms with E-state index in [1.54, 1.807) is 38.4 Å². The molecule has 3 aromatic rings. The predicted molar refractivity (Wildman–Crippen MR) is 81.0 cm³/mol. The molecule has 0 saturated carbocycles. The van der Waals surface area contributed by atoms with Crippen LogP contribution in [0.2, 0.25) is 0 Å². The molecule has 0 unspecified atom stereocenters. The first-order valence-corrected chi connectivity index (χ1v) is 6.59. The molecule has 0 atom stereocenters. The number of aryl methyl sites for hydroxylation is 1. The number of nitrogens with zero attached hydrogens (tertiary/aromatic N) is 4. The SMILES string of the molecule is COc1ccc(-c2cc3c(O)nc(C)nc3c(=O)n2C)cn1. The first kappa shape index (κ1) is 14.0. The molecule has 22 heavy (non-hydrogen) atoms. The summed E-state index contributed by atoms with van der Waals surface area (Å²) >= 11 is 0. The number of pyridine rings is 2. The summed E-state index contributed by atoms with van der Waals surface area (Å²) in [6.07, 6.45) is 1.60. The number of fused-ring (bicyclic) bond motifs is 1. The number of methoxy groups -OCH3 is 1. The highest BCUT2D eigenvalue weighted by atomic mass is 16.5. The van der Waals surface area contributed by atoms with E-state index in [-0.39, 0.29) is 17.0 Å². The second-order valence-corrected chi connectivity index (χ2v) is 4.84. The zero-order valence-electron chi connectivity index (χ0n) is 12.4. The third-order valence-electron chi connectivity index (χ3n) is 3.43. The summed E-state index contributed by atoms with van der Waals surface area (Å²) < 4.78 is 6.49. The number of aromatic nitrogens is 4. The topological polar surface area (TPSA) is 90.1 Å². The highest BCUT2D eigenvalue weighted by Gasteiger charge is 2.14. The Morgan fingerprint density at radius 1 is 1.27 bits per heavy atom. The van der Waals surface area contributed by atoms with Crippen molar-refractivity contribution in [2.75, 3.05) is 7.11 Å². The minimum atomic E-state index is -0.302. The van der Waals surface area contributed by atoms with Gasteiger partial charge in [-0.1, -0.05) is 0 Å². The summed E-state index contributed by atoms with van der Waals surface area (Å²) in [6, 6.07) is 5.17. The maximum atomic E-state index is 12.5. The Bertz CT molecular complexity index is 917. The third kappa shape index (κ3) is 2.16. The fourth-order valence-corrected chi connectivity index (χ4v) is 2.29. The molecule has 3 aromatic heterocycles. The van der Waals surface area contributed by atoms with Crippen molar-refractivity contribution < 1.29 is 9.84 Å². The maximum absolute atomic E-state index is 12.5. The molecule has 0 amide bonds. The van der Waals surface area contributed by atoms with Gasteiger partial charge in [0.25, 0.3) is 5.56 Å². The van der Waals surface area contributed by atoms with Gasteiger partial charge in [0.2, 0.25) is 11.8 Å². The van der Waals surface area contributed by atoms with Crippen LogP contribution in [-0.4, -0.2) is 31.7 Å². The molecule has 3 heterocycles. The monoisotopic (exact) mass is 298 g/mol. The number of aromatic hydroxyl groups is 1. The molecule has 1 N–H and O–H groups in total. The van der Waals surface area contributed by atoms with E-state index < -0.39 is 0 Å². The smallest absolute Gasteiger partial charge is 0.277 e. The molecule has 3 rings (SSSR count). The van der Waals surface area contributed by atoms with Gasteiger partial charge in [0.15, 0.2) is 0 Å². The van der Waals surface area contributed by atoms with E-state index in [1.807, 2.05) is 0 Å². The van der Waals surface area contributed by atoms with Crippen molar-refractivity contribution in [2.24, 2.45) is 7.05 Å². The van der Waals surface area contributed by atoms with Crippen LogP contribution in [0.15, 0.2) is 29.2 Å². The second-order valence-electron chi connectivity index (χ2n) is 4.84. The summed E-state index contributed by atoms with van der Waals surface area (Å²) in [5.74, 6) is 0.625. The molecule has 0 radical (unpaired) electrons. The van der Waals surface area contributed by atoms with Crippen LogP contribution in [0.4, 0.5) is 0 Å². The largest absolute Gasteiger partial charge is 0.493 e. The minimum Gasteiger partial charge on any atom is -0.493 e. The second kappa shape index (κ2) is 5.10. The molecule has 0 saturated heterocycles. The van der Waals surface area contributed by atoms with Crippen LogP contribution < -0.4 is 10.3 Å². The fraction of sp³-hybridized carbons (Fsp3) is 0.200. The number of hydrogen-bond acceptors (Lipinski definition) is 6. The predicted octanol–water partition coefficient (Wildman–Crippen LogP) is 1.41. The Morgan fingerprint density at radius 2 is 2.05 bits per heavy atom. The highest BCUT2D eigenvalue weighted by molar-refractivity contribution is 5.86. The molecule has 0 bridgehead atoms. The molecule has 112 valence electrons. The van der Waals surface area contributed by atoms with Crippen molar-refractivity contribution in [3.8, 4) is 23.0 Å². The Kier molecular flexibility index (Phi) is 3.25. The number of rotatable bonds is 2. The van der Waals surface area contributed by atoms with Crippen molar-refractivity contribution in [1.29, 1.82) is 0 Å². The van der Waals surface area contributed by atoms with E-state index in [0.29, 0.717) is 22.8 Å². The van der Waals surface area contributed by atoms with E-state index in [4.69, 9.17) is 4.74 Å². The number of hydrogen-bond donors (Lipinski definition) is 1. The lowest BCUT2D eigenvalue weighted by Gasteiger charge is -2.11. The third-order valence-corrected chi connectivity index (χ3v) is 3.43. The Hall–Kier alpha value is -2.96. The average Bonchev–Trinajstić information content (AvgIpc) is 2.51. The fourth-order valence-electron chi connectivity index (χ4n) is 2.29. The van der Waals surface area contributed by atoms with Gasteiger partial charge in [-0.15, -0.1) is 0 Å². The highest BCUT2D eigenvalue weighted by Crippen LogP contribution is 2.25. The Labute approximate surface area is 125 Å². The van der Waals surface area contributed by atoms with E-state index in [0.717, 1.165) is 5.56 Å². The van der Waals surface area contributed by atoms with E-state index in [1.165, 1.54) is 11.7 Å². The van der Waals surface area contributed by atoms with Crippen molar-refractivity contribution in [3.05, 3.63) is 40.6 Å². The molecule has 0 fully saturated rings. The van der Waals surface area contributed by atoms with Gasteiger partial charge in [0, 0.05) is 24.9 Å². The average molecular weight is 298 g/mol. The van der Waals surface area contributed by atoms with E-state index in [2.05, 4.69) is 15.0 Å². The lowest BCUT2D eigenvalue weighted by Crippen LogP contribution is -2.20. The molecule has 0 aliphatic heterocycles. The molecule has 7 nitrogen and oxygen atoms in total. The maximum Gasteiger partial charge on any atom is 0.277 e. The van der Waals surface area contributed by atoms with Crippen molar-refractivity contribution in [1.82, 2.24) is 19.5 Å². The van der Waals surface area contributed by atoms with Gasteiger partial charge >= 0.3 is 0 Å². The molecule has 7 heteroatoms. The lowest BCUT2D eigenvalue weighted by atomic mass is 10.1. The summed E-state index contributed by atoms with van der Waals surface area (Å²) in [5, 5.41) is 10.3. The first-order valence-electron chi connectivity index (χ1n) is 6.59. The van der Waals surface area contributed by atoms with Gasteiger partial charge < -0.3 is 14.4 Å². The van der Waals surface area contributed by atoms with Gasteiger partial charge in [0.05, 0.1) is 18.2 Å². The number of ether oxygens (including phenoxy) is 1. The van der Waals surface area contributed by atoms with Crippen LogP contribution in [0.3, 0.4) is 0 Å². The zero-order valence-corrected chi connectivity index (χ0v) is 12.4. The quantitative estimate of drug-likeness (QED) is 0.769. The molecule has 0 spiro atoms. The van der Waals surface area contributed by atoms with Crippen LogP contribution in [0, 0.1) is 6.92 Å². The zero-order chi connectivity index (χ0) is 15.9. The molecule has 0 aliphatic carbocycles. The summed E-state index contributed by atoms with van der Waals surface area (Å²) in [4.78, 5) is 24.6. The van der Waals surface area contributed by atoms with Crippen LogP contribution in [0.1, 0.15) is 5.82 Å². The van der Waals surface area contributed by atoms with Gasteiger partial charge in [0.1, 0.15) is 11.3 Å². The Morgan fingerprint density at radius 3 is 2.68 bits per heavy atom. The standard InChI is InChI=1S/C15H14N4O3/c1-8-17-13-10(14(20)18-8)6-11(19(2)15(13)21)9-4-5-12(22-3)16-7-9/h4-7H,1-3H3,(H,17,18,20). The molecule has 0 aromatic carbocycles. The van der Waals surface area contributed by atoms with Gasteiger partial charge in [-0.3, -0.25) is 4.79 Å². The normalized spacial score (nSPS) is 10.9. The Balaban J connectivity index is 2.30.